The monoisotopic (exact) mass is 461 g/mol. The van der Waals surface area contributed by atoms with E-state index in [2.05, 4.69) is 21.7 Å². The van der Waals surface area contributed by atoms with Gasteiger partial charge in [0.1, 0.15) is 0 Å². The highest BCUT2D eigenvalue weighted by atomic mass is 35.5. The average Bonchev–Trinajstić information content (AvgIpc) is 3.32. The third-order valence-electron chi connectivity index (χ3n) is 5.82. The number of nitrogens with zero attached hydrogens (tertiary/aromatic N) is 4. The quantitative estimate of drug-likeness (QED) is 0.373. The van der Waals surface area contributed by atoms with E-state index in [4.69, 9.17) is 11.6 Å². The molecule has 0 fully saturated rings. The molecule has 0 aliphatic heterocycles. The second-order valence-corrected chi connectivity index (χ2v) is 8.58. The van der Waals surface area contributed by atoms with E-state index in [0.29, 0.717) is 23.7 Å². The minimum Gasteiger partial charge on any atom is -0.352 e. The average molecular weight is 462 g/mol. The van der Waals surface area contributed by atoms with Gasteiger partial charge in [-0.2, -0.15) is 10.2 Å². The molecule has 6 nitrogen and oxygen atoms in total. The molecule has 0 unspecified atom stereocenters. The molecule has 0 saturated carbocycles. The fraction of sp³-hybridized carbons (Fsp3) is 0.269. The Bertz CT molecular complexity index is 1260. The van der Waals surface area contributed by atoms with Crippen molar-refractivity contribution in [2.45, 2.75) is 40.2 Å². The predicted octanol–water partition coefficient (Wildman–Crippen LogP) is 5.06. The van der Waals surface area contributed by atoms with E-state index in [-0.39, 0.29) is 5.91 Å². The van der Waals surface area contributed by atoms with Crippen molar-refractivity contribution in [2.24, 2.45) is 0 Å². The number of aromatic nitrogens is 4. The summed E-state index contributed by atoms with van der Waals surface area (Å²) < 4.78 is 3.75. The van der Waals surface area contributed by atoms with Crippen molar-refractivity contribution in [3.8, 4) is 5.69 Å². The van der Waals surface area contributed by atoms with Gasteiger partial charge < -0.3 is 5.32 Å². The zero-order valence-electron chi connectivity index (χ0n) is 19.2. The molecule has 0 bridgehead atoms. The molecule has 2 aromatic carbocycles. The van der Waals surface area contributed by atoms with Gasteiger partial charge in [-0.1, -0.05) is 48.0 Å². The van der Waals surface area contributed by atoms with Gasteiger partial charge in [0.2, 0.25) is 0 Å². The SMILES string of the molecule is Cc1nn(-c2ccccc2)cc1CCCNC(=O)c1c(C)nn(Cc2ccccc2Cl)c1C. The van der Waals surface area contributed by atoms with Gasteiger partial charge in [0.15, 0.2) is 0 Å². The highest BCUT2D eigenvalue weighted by molar-refractivity contribution is 6.31. The Kier molecular flexibility index (Phi) is 6.94. The van der Waals surface area contributed by atoms with Crippen molar-refractivity contribution in [3.05, 3.63) is 99.6 Å². The van der Waals surface area contributed by atoms with Crippen LogP contribution in [0.1, 0.15) is 45.0 Å². The maximum absolute atomic E-state index is 12.9. The molecule has 1 N–H and O–H groups in total. The summed E-state index contributed by atoms with van der Waals surface area (Å²) >= 11 is 6.29. The van der Waals surface area contributed by atoms with Crippen LogP contribution >= 0.6 is 11.6 Å². The molecule has 33 heavy (non-hydrogen) atoms. The maximum Gasteiger partial charge on any atom is 0.255 e. The number of aryl methyl sites for hydroxylation is 3. The Balaban J connectivity index is 1.35. The van der Waals surface area contributed by atoms with Crippen LogP contribution in [0.15, 0.2) is 60.8 Å². The van der Waals surface area contributed by atoms with Crippen LogP contribution in [-0.4, -0.2) is 32.0 Å². The zero-order valence-corrected chi connectivity index (χ0v) is 19.9. The van der Waals surface area contributed by atoms with Crippen molar-refractivity contribution in [2.75, 3.05) is 6.54 Å². The third-order valence-corrected chi connectivity index (χ3v) is 6.18. The minimum atomic E-state index is -0.0906. The maximum atomic E-state index is 12.9. The van der Waals surface area contributed by atoms with Crippen molar-refractivity contribution in [1.82, 2.24) is 24.9 Å². The fourth-order valence-electron chi connectivity index (χ4n) is 3.99. The van der Waals surface area contributed by atoms with Gasteiger partial charge in [0.05, 0.1) is 29.2 Å². The van der Waals surface area contributed by atoms with E-state index in [9.17, 15) is 4.79 Å². The Hall–Kier alpha value is -3.38. The summed E-state index contributed by atoms with van der Waals surface area (Å²) in [7, 11) is 0. The Labute approximate surface area is 199 Å². The molecule has 0 saturated heterocycles. The molecule has 0 atom stereocenters. The molecule has 0 spiro atoms. The van der Waals surface area contributed by atoms with Gasteiger partial charge in [0.25, 0.3) is 5.91 Å². The summed E-state index contributed by atoms with van der Waals surface area (Å²) in [4.78, 5) is 12.9. The molecular formula is C26H28ClN5O. The van der Waals surface area contributed by atoms with E-state index >= 15 is 0 Å². The first-order valence-electron chi connectivity index (χ1n) is 11.1. The molecule has 0 radical (unpaired) electrons. The molecule has 1 amide bonds. The Morgan fingerprint density at radius 2 is 1.67 bits per heavy atom. The lowest BCUT2D eigenvalue weighted by atomic mass is 10.1. The van der Waals surface area contributed by atoms with Crippen LogP contribution in [0.2, 0.25) is 5.02 Å². The zero-order chi connectivity index (χ0) is 23.4. The predicted molar refractivity (Wildman–Crippen MR) is 131 cm³/mol. The number of halogens is 1. The van der Waals surface area contributed by atoms with E-state index in [0.717, 1.165) is 41.2 Å². The first kappa shape index (κ1) is 22.8. The molecule has 0 aliphatic rings. The van der Waals surface area contributed by atoms with Crippen molar-refractivity contribution < 1.29 is 4.79 Å². The van der Waals surface area contributed by atoms with E-state index in [1.165, 1.54) is 5.56 Å². The van der Waals surface area contributed by atoms with E-state index in [1.807, 2.05) is 84.7 Å². The summed E-state index contributed by atoms with van der Waals surface area (Å²) in [5.41, 5.74) is 6.41. The highest BCUT2D eigenvalue weighted by Crippen LogP contribution is 2.20. The van der Waals surface area contributed by atoms with Gasteiger partial charge in [-0.15, -0.1) is 0 Å². The van der Waals surface area contributed by atoms with Crippen molar-refractivity contribution >= 4 is 17.5 Å². The Morgan fingerprint density at radius 3 is 2.42 bits per heavy atom. The first-order chi connectivity index (χ1) is 15.9. The molecule has 7 heteroatoms. The molecule has 0 aliphatic carbocycles. The lowest BCUT2D eigenvalue weighted by molar-refractivity contribution is 0.0952. The number of rotatable bonds is 8. The number of nitrogens with one attached hydrogen (secondary N) is 1. The molecule has 4 aromatic rings. The lowest BCUT2D eigenvalue weighted by Gasteiger charge is -2.08. The smallest absolute Gasteiger partial charge is 0.255 e. The van der Waals surface area contributed by atoms with Gasteiger partial charge in [0, 0.05) is 23.5 Å². The highest BCUT2D eigenvalue weighted by Gasteiger charge is 2.19. The molecular weight excluding hydrogens is 434 g/mol. The summed E-state index contributed by atoms with van der Waals surface area (Å²) in [6.07, 6.45) is 3.75. The number of amides is 1. The summed E-state index contributed by atoms with van der Waals surface area (Å²) in [5, 5.41) is 12.9. The van der Waals surface area contributed by atoms with E-state index in [1.54, 1.807) is 0 Å². The second kappa shape index (κ2) is 10.0. The van der Waals surface area contributed by atoms with Crippen molar-refractivity contribution in [1.29, 1.82) is 0 Å². The number of hydrogen-bond donors (Lipinski definition) is 1. The van der Waals surface area contributed by atoms with Crippen LogP contribution in [0.3, 0.4) is 0 Å². The normalized spacial score (nSPS) is 11.0. The molecule has 170 valence electrons. The number of benzene rings is 2. The van der Waals surface area contributed by atoms with Gasteiger partial charge in [-0.25, -0.2) is 4.68 Å². The third kappa shape index (κ3) is 5.17. The minimum absolute atomic E-state index is 0.0906. The van der Waals surface area contributed by atoms with E-state index < -0.39 is 0 Å². The second-order valence-electron chi connectivity index (χ2n) is 8.17. The van der Waals surface area contributed by atoms with Crippen LogP contribution in [0.4, 0.5) is 0 Å². The van der Waals surface area contributed by atoms with Crippen molar-refractivity contribution in [3.63, 3.8) is 0 Å². The number of hydrogen-bond acceptors (Lipinski definition) is 3. The standard InChI is InChI=1S/C26H28ClN5O/c1-18-21(16-32(29-18)23-12-5-4-6-13-23)11-9-15-28-26(33)25-19(2)30-31(20(25)3)17-22-10-7-8-14-24(22)27/h4-8,10,12-14,16H,9,11,15,17H2,1-3H3,(H,28,33). The van der Waals surface area contributed by atoms with Crippen LogP contribution in [-0.2, 0) is 13.0 Å². The molecule has 2 heterocycles. The Morgan fingerprint density at radius 1 is 0.939 bits per heavy atom. The summed E-state index contributed by atoms with van der Waals surface area (Å²) in [6.45, 7) is 6.93. The van der Waals surface area contributed by atoms with Crippen LogP contribution < -0.4 is 5.32 Å². The van der Waals surface area contributed by atoms with Crippen LogP contribution in [0, 0.1) is 20.8 Å². The van der Waals surface area contributed by atoms with Gasteiger partial charge in [-0.3, -0.25) is 9.48 Å². The molecule has 2 aromatic heterocycles. The topological polar surface area (TPSA) is 64.7 Å². The number of carbonyl (C=O) groups is 1. The van der Waals surface area contributed by atoms with Crippen LogP contribution in [0.25, 0.3) is 5.69 Å². The van der Waals surface area contributed by atoms with Gasteiger partial charge in [-0.05, 0) is 62.9 Å². The summed E-state index contributed by atoms with van der Waals surface area (Å²) in [5.74, 6) is -0.0906. The van der Waals surface area contributed by atoms with Crippen LogP contribution in [0.5, 0.6) is 0 Å². The first-order valence-corrected chi connectivity index (χ1v) is 11.5. The summed E-state index contributed by atoms with van der Waals surface area (Å²) in [6, 6.07) is 17.8. The number of carbonyl (C=O) groups excluding carboxylic acids is 1. The number of para-hydroxylation sites is 1. The fourth-order valence-corrected chi connectivity index (χ4v) is 4.19. The lowest BCUT2D eigenvalue weighted by Crippen LogP contribution is -2.26. The molecule has 4 rings (SSSR count). The largest absolute Gasteiger partial charge is 0.352 e. The van der Waals surface area contributed by atoms with Gasteiger partial charge >= 0.3 is 0 Å².